The monoisotopic (exact) mass is 367 g/mol. The lowest BCUT2D eigenvalue weighted by Crippen LogP contribution is -2.35. The third-order valence-corrected chi connectivity index (χ3v) is 4.29. The number of amides is 1. The van der Waals surface area contributed by atoms with Crippen LogP contribution in [0.2, 0.25) is 0 Å². The predicted molar refractivity (Wildman–Crippen MR) is 80.0 cm³/mol. The van der Waals surface area contributed by atoms with Crippen LogP contribution in [-0.2, 0) is 12.4 Å². The topological polar surface area (TPSA) is 29.1 Å². The van der Waals surface area contributed by atoms with Gasteiger partial charge in [0.15, 0.2) is 0 Å². The highest BCUT2D eigenvalue weighted by Gasteiger charge is 2.37. The van der Waals surface area contributed by atoms with Crippen LogP contribution in [0, 0.1) is 0 Å². The van der Waals surface area contributed by atoms with Crippen LogP contribution < -0.4 is 5.32 Å². The van der Waals surface area contributed by atoms with Gasteiger partial charge in [0.2, 0.25) is 0 Å². The van der Waals surface area contributed by atoms with Crippen molar-refractivity contribution in [3.05, 3.63) is 34.9 Å². The molecule has 0 saturated heterocycles. The number of carbonyl (C=O) groups excluding carboxylic acids is 1. The molecule has 1 aromatic carbocycles. The molecule has 140 valence electrons. The Hall–Kier alpha value is -1.73. The van der Waals surface area contributed by atoms with Crippen LogP contribution in [0.3, 0.4) is 0 Å². The molecule has 0 atom stereocenters. The van der Waals surface area contributed by atoms with Crippen LogP contribution >= 0.6 is 0 Å². The first-order valence-electron chi connectivity index (χ1n) is 8.18. The molecule has 0 radical (unpaired) electrons. The van der Waals surface area contributed by atoms with Crippen molar-refractivity contribution < 1.29 is 31.1 Å². The predicted octanol–water partition coefficient (Wildman–Crippen LogP) is 5.57. The zero-order chi connectivity index (χ0) is 18.7. The minimum absolute atomic E-state index is 0.0204. The summed E-state index contributed by atoms with van der Waals surface area (Å²) in [6, 6.07) is 0.727. The molecule has 1 aromatic rings. The molecule has 1 aliphatic rings. The number of halogens is 6. The average molecular weight is 367 g/mol. The van der Waals surface area contributed by atoms with Gasteiger partial charge >= 0.3 is 12.4 Å². The van der Waals surface area contributed by atoms with E-state index in [1.165, 1.54) is 0 Å². The number of nitrogens with one attached hydrogen (secondary N) is 1. The molecule has 0 unspecified atom stereocenters. The summed E-state index contributed by atoms with van der Waals surface area (Å²) in [6.45, 7) is 0. The van der Waals surface area contributed by atoms with Crippen molar-refractivity contribution in [3.8, 4) is 0 Å². The molecule has 1 aliphatic carbocycles. The maximum Gasteiger partial charge on any atom is 0.416 e. The summed E-state index contributed by atoms with van der Waals surface area (Å²) in [5, 5.41) is 2.59. The summed E-state index contributed by atoms with van der Waals surface area (Å²) < 4.78 is 77.1. The van der Waals surface area contributed by atoms with E-state index in [9.17, 15) is 31.1 Å². The Morgan fingerprint density at radius 1 is 0.800 bits per heavy atom. The van der Waals surface area contributed by atoms with Crippen LogP contribution in [0.1, 0.15) is 66.4 Å². The van der Waals surface area contributed by atoms with E-state index in [1.54, 1.807) is 0 Å². The summed E-state index contributed by atoms with van der Waals surface area (Å²) in [4.78, 5) is 12.2. The van der Waals surface area contributed by atoms with E-state index in [-0.39, 0.29) is 12.1 Å². The fourth-order valence-corrected chi connectivity index (χ4v) is 2.96. The van der Waals surface area contributed by atoms with Crippen molar-refractivity contribution in [2.24, 2.45) is 0 Å². The van der Waals surface area contributed by atoms with Crippen molar-refractivity contribution in [2.75, 3.05) is 0 Å². The van der Waals surface area contributed by atoms with Gasteiger partial charge in [-0.1, -0.05) is 32.1 Å². The summed E-state index contributed by atoms with van der Waals surface area (Å²) in [6.07, 6.45) is -3.70. The highest BCUT2D eigenvalue weighted by Crippen LogP contribution is 2.36. The van der Waals surface area contributed by atoms with E-state index in [2.05, 4.69) is 5.32 Å². The van der Waals surface area contributed by atoms with E-state index >= 15 is 0 Å². The molecule has 8 heteroatoms. The Bertz CT molecular complexity index is 568. The highest BCUT2D eigenvalue weighted by atomic mass is 19.4. The Morgan fingerprint density at radius 2 is 1.24 bits per heavy atom. The van der Waals surface area contributed by atoms with E-state index in [1.807, 2.05) is 0 Å². The number of alkyl halides is 6. The van der Waals surface area contributed by atoms with Gasteiger partial charge in [0.25, 0.3) is 5.91 Å². The maximum absolute atomic E-state index is 12.9. The molecule has 0 spiro atoms. The molecule has 1 N–H and O–H groups in total. The summed E-state index contributed by atoms with van der Waals surface area (Å²) in [7, 11) is 0. The quantitative estimate of drug-likeness (QED) is 0.681. The van der Waals surface area contributed by atoms with Gasteiger partial charge < -0.3 is 5.32 Å². The summed E-state index contributed by atoms with van der Waals surface area (Å²) >= 11 is 0. The van der Waals surface area contributed by atoms with Crippen LogP contribution in [0.25, 0.3) is 0 Å². The van der Waals surface area contributed by atoms with Gasteiger partial charge in [0.05, 0.1) is 11.1 Å². The number of hydrogen-bond acceptors (Lipinski definition) is 1. The maximum atomic E-state index is 12.9. The van der Waals surface area contributed by atoms with Crippen molar-refractivity contribution in [1.29, 1.82) is 0 Å². The fraction of sp³-hybridized carbons (Fsp3) is 0.588. The third-order valence-electron chi connectivity index (χ3n) is 4.29. The van der Waals surface area contributed by atoms with E-state index < -0.39 is 35.0 Å². The molecule has 0 aliphatic heterocycles. The second kappa shape index (κ2) is 7.66. The second-order valence-electron chi connectivity index (χ2n) is 6.31. The van der Waals surface area contributed by atoms with E-state index in [0.29, 0.717) is 25.0 Å². The number of carbonyl (C=O) groups is 1. The molecular weight excluding hydrogens is 348 g/mol. The van der Waals surface area contributed by atoms with Crippen molar-refractivity contribution in [2.45, 2.75) is 63.3 Å². The molecule has 2 rings (SSSR count). The van der Waals surface area contributed by atoms with Gasteiger partial charge in [0, 0.05) is 11.6 Å². The Kier molecular flexibility index (Phi) is 6.00. The van der Waals surface area contributed by atoms with Gasteiger partial charge in [-0.3, -0.25) is 4.79 Å². The third kappa shape index (κ3) is 5.64. The van der Waals surface area contributed by atoms with Crippen molar-refractivity contribution in [3.63, 3.8) is 0 Å². The molecule has 1 fully saturated rings. The average Bonchev–Trinajstić information content (AvgIpc) is 2.47. The zero-order valence-corrected chi connectivity index (χ0v) is 13.4. The molecule has 1 saturated carbocycles. The van der Waals surface area contributed by atoms with Crippen molar-refractivity contribution in [1.82, 2.24) is 5.32 Å². The van der Waals surface area contributed by atoms with Crippen LogP contribution in [0.4, 0.5) is 26.3 Å². The lowest BCUT2D eigenvalue weighted by molar-refractivity contribution is -0.143. The SMILES string of the molecule is O=C(NC1CCCCCCC1)c1cc(C(F)(F)F)cc(C(F)(F)F)c1. The second-order valence-corrected chi connectivity index (χ2v) is 6.31. The minimum atomic E-state index is -4.96. The molecular formula is C17H19F6NO. The lowest BCUT2D eigenvalue weighted by atomic mass is 9.96. The molecule has 0 aromatic heterocycles. The molecule has 1 amide bonds. The Morgan fingerprint density at radius 3 is 1.68 bits per heavy atom. The highest BCUT2D eigenvalue weighted by molar-refractivity contribution is 5.94. The number of hydrogen-bond donors (Lipinski definition) is 1. The first-order valence-corrected chi connectivity index (χ1v) is 8.18. The Labute approximate surface area is 141 Å². The molecule has 0 heterocycles. The van der Waals surface area contributed by atoms with Crippen LogP contribution in [0.15, 0.2) is 18.2 Å². The standard InChI is InChI=1S/C17H19F6NO/c18-16(19,20)12-8-11(9-13(10-12)17(21,22)23)15(25)24-14-6-4-2-1-3-5-7-14/h8-10,14H,1-7H2,(H,24,25). The van der Waals surface area contributed by atoms with Gasteiger partial charge in [-0.25, -0.2) is 0 Å². The smallest absolute Gasteiger partial charge is 0.349 e. The first-order chi connectivity index (χ1) is 11.6. The van der Waals surface area contributed by atoms with E-state index in [4.69, 9.17) is 0 Å². The van der Waals surface area contributed by atoms with Gasteiger partial charge in [-0.15, -0.1) is 0 Å². The van der Waals surface area contributed by atoms with Crippen LogP contribution in [0.5, 0.6) is 0 Å². The molecule has 25 heavy (non-hydrogen) atoms. The number of rotatable bonds is 2. The largest absolute Gasteiger partial charge is 0.416 e. The molecule has 2 nitrogen and oxygen atoms in total. The fourth-order valence-electron chi connectivity index (χ4n) is 2.96. The first kappa shape index (κ1) is 19.6. The van der Waals surface area contributed by atoms with Crippen molar-refractivity contribution >= 4 is 5.91 Å². The Balaban J connectivity index is 2.25. The summed E-state index contributed by atoms with van der Waals surface area (Å²) in [5.41, 5.74) is -3.58. The summed E-state index contributed by atoms with van der Waals surface area (Å²) in [5.74, 6) is -0.901. The van der Waals surface area contributed by atoms with Gasteiger partial charge in [0.1, 0.15) is 0 Å². The van der Waals surface area contributed by atoms with E-state index in [0.717, 1.165) is 32.1 Å². The number of benzene rings is 1. The minimum Gasteiger partial charge on any atom is -0.349 e. The van der Waals surface area contributed by atoms with Gasteiger partial charge in [-0.05, 0) is 31.0 Å². The lowest BCUT2D eigenvalue weighted by Gasteiger charge is -2.21. The molecule has 0 bridgehead atoms. The van der Waals surface area contributed by atoms with Gasteiger partial charge in [-0.2, -0.15) is 26.3 Å². The van der Waals surface area contributed by atoms with Crippen LogP contribution in [-0.4, -0.2) is 11.9 Å². The normalized spacial score (nSPS) is 17.7. The zero-order valence-electron chi connectivity index (χ0n) is 13.4.